The highest BCUT2D eigenvalue weighted by molar-refractivity contribution is 9.10. The molecule has 2 nitrogen and oxygen atoms in total. The second-order valence-corrected chi connectivity index (χ2v) is 5.91. The van der Waals surface area contributed by atoms with Crippen LogP contribution in [-0.4, -0.2) is 11.5 Å². The fraction of sp³-hybridized carbons (Fsp3) is 0.167. The number of nitrogens with zero attached hydrogens (tertiary/aromatic N) is 1. The molecule has 1 aromatic heterocycles. The van der Waals surface area contributed by atoms with Gasteiger partial charge in [-0.2, -0.15) is 0 Å². The summed E-state index contributed by atoms with van der Waals surface area (Å²) in [5.74, 6) is 0. The molecule has 0 amide bonds. The third-order valence-electron chi connectivity index (χ3n) is 3.62. The van der Waals surface area contributed by atoms with E-state index in [1.54, 1.807) is 0 Å². The Balaban J connectivity index is 2.13. The lowest BCUT2D eigenvalue weighted by Crippen LogP contribution is -2.22. The molecule has 0 aliphatic heterocycles. The average Bonchev–Trinajstić information content (AvgIpc) is 2.53. The molecule has 1 atom stereocenters. The molecule has 0 spiro atoms. The second-order valence-electron chi connectivity index (χ2n) is 4.99. The van der Waals surface area contributed by atoms with Crippen LogP contribution < -0.4 is 5.32 Å². The van der Waals surface area contributed by atoms with Gasteiger partial charge in [0.2, 0.25) is 0 Å². The van der Waals surface area contributed by atoms with Crippen molar-refractivity contribution in [2.24, 2.45) is 0 Å². The number of nitrogens with one attached hydrogen (secondary N) is 1. The highest BCUT2D eigenvalue weighted by Crippen LogP contribution is 2.28. The van der Waals surface area contributed by atoms with Gasteiger partial charge in [-0.25, -0.2) is 0 Å². The molecule has 21 heavy (non-hydrogen) atoms. The molecule has 1 heterocycles. The lowest BCUT2D eigenvalue weighted by Gasteiger charge is -2.20. The standard InChI is InChI=1S/C18H17BrN2/c1-2-21-18(13-7-9-15(19)10-8-13)17-12-20-11-14-5-3-4-6-16(14)17/h3-12,18,21H,2H2,1H3. The van der Waals surface area contributed by atoms with Gasteiger partial charge in [0.1, 0.15) is 0 Å². The van der Waals surface area contributed by atoms with Crippen LogP contribution in [0.4, 0.5) is 0 Å². The smallest absolute Gasteiger partial charge is 0.0598 e. The first-order chi connectivity index (χ1) is 10.3. The van der Waals surface area contributed by atoms with Gasteiger partial charge in [0.05, 0.1) is 6.04 Å². The van der Waals surface area contributed by atoms with Gasteiger partial charge in [0, 0.05) is 22.3 Å². The van der Waals surface area contributed by atoms with Crippen molar-refractivity contribution in [3.05, 3.63) is 76.5 Å². The summed E-state index contributed by atoms with van der Waals surface area (Å²) >= 11 is 3.50. The number of aromatic nitrogens is 1. The Bertz CT molecular complexity index is 732. The Labute approximate surface area is 133 Å². The third kappa shape index (κ3) is 2.99. The maximum Gasteiger partial charge on any atom is 0.0598 e. The van der Waals surface area contributed by atoms with Crippen LogP contribution in [0.2, 0.25) is 0 Å². The molecular formula is C18H17BrN2. The lowest BCUT2D eigenvalue weighted by molar-refractivity contribution is 0.632. The van der Waals surface area contributed by atoms with Crippen LogP contribution in [0.15, 0.2) is 65.4 Å². The van der Waals surface area contributed by atoms with Crippen molar-refractivity contribution >= 4 is 26.7 Å². The van der Waals surface area contributed by atoms with E-state index in [9.17, 15) is 0 Å². The Kier molecular flexibility index (Phi) is 4.32. The van der Waals surface area contributed by atoms with Crippen LogP contribution in [0, 0.1) is 0 Å². The van der Waals surface area contributed by atoms with E-state index >= 15 is 0 Å². The Morgan fingerprint density at radius 1 is 1.05 bits per heavy atom. The van der Waals surface area contributed by atoms with E-state index in [2.05, 4.69) is 81.7 Å². The zero-order valence-corrected chi connectivity index (χ0v) is 13.5. The summed E-state index contributed by atoms with van der Waals surface area (Å²) in [5.41, 5.74) is 2.47. The van der Waals surface area contributed by atoms with Crippen LogP contribution in [-0.2, 0) is 0 Å². The van der Waals surface area contributed by atoms with Gasteiger partial charge in [-0.05, 0) is 35.2 Å². The van der Waals surface area contributed by atoms with E-state index in [4.69, 9.17) is 0 Å². The molecule has 0 aliphatic carbocycles. The van der Waals surface area contributed by atoms with Crippen LogP contribution in [0.3, 0.4) is 0 Å². The maximum absolute atomic E-state index is 4.41. The number of fused-ring (bicyclic) bond motifs is 1. The van der Waals surface area contributed by atoms with Crippen LogP contribution >= 0.6 is 15.9 Å². The molecule has 106 valence electrons. The first kappa shape index (κ1) is 14.2. The predicted molar refractivity (Wildman–Crippen MR) is 91.4 cm³/mol. The molecule has 3 rings (SSSR count). The Morgan fingerprint density at radius 3 is 2.57 bits per heavy atom. The predicted octanol–water partition coefficient (Wildman–Crippen LogP) is 4.70. The first-order valence-corrected chi connectivity index (χ1v) is 7.90. The minimum absolute atomic E-state index is 0.154. The van der Waals surface area contributed by atoms with Crippen LogP contribution in [0.5, 0.6) is 0 Å². The molecule has 0 fully saturated rings. The van der Waals surface area contributed by atoms with Crippen LogP contribution in [0.1, 0.15) is 24.1 Å². The van der Waals surface area contributed by atoms with Crippen molar-refractivity contribution in [1.82, 2.24) is 10.3 Å². The van der Waals surface area contributed by atoms with Crippen molar-refractivity contribution in [2.75, 3.05) is 6.54 Å². The lowest BCUT2D eigenvalue weighted by atomic mass is 9.96. The monoisotopic (exact) mass is 340 g/mol. The van der Waals surface area contributed by atoms with Crippen molar-refractivity contribution < 1.29 is 0 Å². The topological polar surface area (TPSA) is 24.9 Å². The van der Waals surface area contributed by atoms with Gasteiger partial charge in [-0.1, -0.05) is 59.3 Å². The van der Waals surface area contributed by atoms with E-state index in [1.165, 1.54) is 21.9 Å². The van der Waals surface area contributed by atoms with Crippen molar-refractivity contribution in [3.63, 3.8) is 0 Å². The summed E-state index contributed by atoms with van der Waals surface area (Å²) in [6, 6.07) is 17.0. The number of hydrogen-bond acceptors (Lipinski definition) is 2. The number of halogens is 1. The summed E-state index contributed by atoms with van der Waals surface area (Å²) < 4.78 is 1.09. The Morgan fingerprint density at radius 2 is 1.81 bits per heavy atom. The molecule has 1 unspecified atom stereocenters. The number of pyridine rings is 1. The Hall–Kier alpha value is -1.71. The van der Waals surface area contributed by atoms with Gasteiger partial charge in [-0.3, -0.25) is 4.98 Å². The first-order valence-electron chi connectivity index (χ1n) is 7.11. The molecule has 0 saturated carbocycles. The normalized spacial score (nSPS) is 12.5. The van der Waals surface area contributed by atoms with E-state index in [0.29, 0.717) is 0 Å². The minimum Gasteiger partial charge on any atom is -0.306 e. The fourth-order valence-corrected chi connectivity index (χ4v) is 2.90. The molecule has 0 radical (unpaired) electrons. The summed E-state index contributed by atoms with van der Waals surface area (Å²) in [6.45, 7) is 3.04. The zero-order valence-electron chi connectivity index (χ0n) is 11.9. The molecular weight excluding hydrogens is 324 g/mol. The minimum atomic E-state index is 0.154. The zero-order chi connectivity index (χ0) is 14.7. The summed E-state index contributed by atoms with van der Waals surface area (Å²) in [6.07, 6.45) is 3.89. The van der Waals surface area contributed by atoms with Gasteiger partial charge < -0.3 is 5.32 Å². The quantitative estimate of drug-likeness (QED) is 0.744. The molecule has 3 aromatic rings. The molecule has 0 aliphatic rings. The van der Waals surface area contributed by atoms with Crippen molar-refractivity contribution in [3.8, 4) is 0 Å². The van der Waals surface area contributed by atoms with E-state index < -0.39 is 0 Å². The second kappa shape index (κ2) is 6.37. The van der Waals surface area contributed by atoms with E-state index in [1.807, 2.05) is 12.4 Å². The SMILES string of the molecule is CCNC(c1ccc(Br)cc1)c1cncc2ccccc12. The van der Waals surface area contributed by atoms with Gasteiger partial charge in [0.25, 0.3) is 0 Å². The summed E-state index contributed by atoms with van der Waals surface area (Å²) in [7, 11) is 0. The van der Waals surface area contributed by atoms with E-state index in [0.717, 1.165) is 11.0 Å². The van der Waals surface area contributed by atoms with Crippen LogP contribution in [0.25, 0.3) is 10.8 Å². The molecule has 2 aromatic carbocycles. The highest BCUT2D eigenvalue weighted by Gasteiger charge is 2.15. The summed E-state index contributed by atoms with van der Waals surface area (Å²) in [4.78, 5) is 4.41. The van der Waals surface area contributed by atoms with Crippen molar-refractivity contribution in [1.29, 1.82) is 0 Å². The number of benzene rings is 2. The molecule has 0 bridgehead atoms. The third-order valence-corrected chi connectivity index (χ3v) is 4.15. The van der Waals surface area contributed by atoms with Crippen molar-refractivity contribution in [2.45, 2.75) is 13.0 Å². The van der Waals surface area contributed by atoms with E-state index in [-0.39, 0.29) is 6.04 Å². The largest absolute Gasteiger partial charge is 0.306 e. The number of hydrogen-bond donors (Lipinski definition) is 1. The van der Waals surface area contributed by atoms with Gasteiger partial charge >= 0.3 is 0 Å². The fourth-order valence-electron chi connectivity index (χ4n) is 2.64. The van der Waals surface area contributed by atoms with Gasteiger partial charge in [0.15, 0.2) is 0 Å². The molecule has 3 heteroatoms. The highest BCUT2D eigenvalue weighted by atomic mass is 79.9. The molecule has 0 saturated heterocycles. The van der Waals surface area contributed by atoms with Gasteiger partial charge in [-0.15, -0.1) is 0 Å². The molecule has 1 N–H and O–H groups in total. The maximum atomic E-state index is 4.41. The number of rotatable bonds is 4. The summed E-state index contributed by atoms with van der Waals surface area (Å²) in [5, 5.41) is 6.00. The average molecular weight is 341 g/mol.